The minimum atomic E-state index is -4.19. The number of hydrogen-bond donors (Lipinski definition) is 1. The Labute approximate surface area is 163 Å². The maximum absolute atomic E-state index is 13.0. The molecule has 150 valence electrons. The summed E-state index contributed by atoms with van der Waals surface area (Å²) in [6.45, 7) is 0.381. The molecule has 1 aliphatic rings. The number of nitrogens with one attached hydrogen (secondary N) is 1. The van der Waals surface area contributed by atoms with E-state index in [0.717, 1.165) is 16.7 Å². The van der Waals surface area contributed by atoms with Crippen LogP contribution >= 0.6 is 0 Å². The lowest BCUT2D eigenvalue weighted by molar-refractivity contribution is -0.183. The number of amides is 2. The van der Waals surface area contributed by atoms with Crippen molar-refractivity contribution in [1.29, 1.82) is 0 Å². The number of benzene rings is 2. The fourth-order valence-corrected chi connectivity index (χ4v) is 3.79. The molecule has 0 bridgehead atoms. The molecule has 6 heteroatoms. The van der Waals surface area contributed by atoms with Gasteiger partial charge in [-0.2, -0.15) is 13.2 Å². The van der Waals surface area contributed by atoms with Crippen LogP contribution in [-0.2, 0) is 6.54 Å². The van der Waals surface area contributed by atoms with Crippen LogP contribution in [0.4, 0.5) is 18.0 Å². The number of carbonyl (C=O) groups is 1. The van der Waals surface area contributed by atoms with Crippen molar-refractivity contribution in [1.82, 2.24) is 10.2 Å². The van der Waals surface area contributed by atoms with Crippen molar-refractivity contribution in [2.45, 2.75) is 44.4 Å². The summed E-state index contributed by atoms with van der Waals surface area (Å²) in [7, 11) is 1.67. The number of nitrogens with zero attached hydrogens (tertiary/aromatic N) is 1. The SMILES string of the molecule is CN(Cc1ccccc1-c1ccccc1)C(=O)NC1CCCC(C(F)(F)F)C1. The number of halogens is 3. The molecule has 2 aromatic rings. The second-order valence-corrected chi connectivity index (χ2v) is 7.43. The smallest absolute Gasteiger partial charge is 0.335 e. The van der Waals surface area contributed by atoms with Gasteiger partial charge < -0.3 is 10.2 Å². The Hall–Kier alpha value is -2.50. The van der Waals surface area contributed by atoms with E-state index in [-0.39, 0.29) is 18.9 Å². The minimum Gasteiger partial charge on any atom is -0.335 e. The number of rotatable bonds is 4. The van der Waals surface area contributed by atoms with Gasteiger partial charge in [0.2, 0.25) is 0 Å². The highest BCUT2D eigenvalue weighted by Crippen LogP contribution is 2.37. The topological polar surface area (TPSA) is 32.3 Å². The van der Waals surface area contributed by atoms with E-state index in [4.69, 9.17) is 0 Å². The van der Waals surface area contributed by atoms with Gasteiger partial charge in [-0.3, -0.25) is 0 Å². The Morgan fingerprint density at radius 2 is 1.75 bits per heavy atom. The van der Waals surface area contributed by atoms with Crippen molar-refractivity contribution in [3.8, 4) is 11.1 Å². The second kappa shape index (κ2) is 8.67. The third-order valence-electron chi connectivity index (χ3n) is 5.32. The lowest BCUT2D eigenvalue weighted by Crippen LogP contribution is -2.46. The van der Waals surface area contributed by atoms with Gasteiger partial charge in [0.05, 0.1) is 5.92 Å². The molecule has 2 atom stereocenters. The van der Waals surface area contributed by atoms with Gasteiger partial charge in [0.25, 0.3) is 0 Å². The van der Waals surface area contributed by atoms with E-state index in [2.05, 4.69) is 5.32 Å². The van der Waals surface area contributed by atoms with Gasteiger partial charge in [-0.1, -0.05) is 61.0 Å². The molecule has 0 saturated heterocycles. The fraction of sp³-hybridized carbons (Fsp3) is 0.409. The summed E-state index contributed by atoms with van der Waals surface area (Å²) in [6.07, 6.45) is -3.01. The maximum atomic E-state index is 13.0. The van der Waals surface area contributed by atoms with Crippen LogP contribution in [0.25, 0.3) is 11.1 Å². The van der Waals surface area contributed by atoms with Crippen LogP contribution in [-0.4, -0.2) is 30.2 Å². The summed E-state index contributed by atoms with van der Waals surface area (Å²) >= 11 is 0. The van der Waals surface area contributed by atoms with Crippen LogP contribution in [0.15, 0.2) is 54.6 Å². The van der Waals surface area contributed by atoms with Gasteiger partial charge in [-0.15, -0.1) is 0 Å². The summed E-state index contributed by atoms with van der Waals surface area (Å²) in [5.41, 5.74) is 3.09. The molecule has 1 fully saturated rings. The van der Waals surface area contributed by atoms with E-state index in [1.165, 1.54) is 4.90 Å². The van der Waals surface area contributed by atoms with Gasteiger partial charge in [0.15, 0.2) is 0 Å². The standard InChI is InChI=1S/C22H25F3N2O/c1-27(21(28)26-19-12-7-11-18(14-19)22(23,24)25)15-17-10-5-6-13-20(17)16-8-3-2-4-9-16/h2-6,8-10,13,18-19H,7,11-12,14-15H2,1H3,(H,26,28). The van der Waals surface area contributed by atoms with Gasteiger partial charge in [-0.05, 0) is 36.0 Å². The molecular weight excluding hydrogens is 365 g/mol. The first kappa shape index (κ1) is 20.2. The predicted octanol–water partition coefficient (Wildman–Crippen LogP) is 5.62. The molecule has 0 heterocycles. The first-order valence-corrected chi connectivity index (χ1v) is 9.56. The normalized spacial score (nSPS) is 19.9. The van der Waals surface area contributed by atoms with E-state index in [1.54, 1.807) is 7.05 Å². The molecule has 2 unspecified atom stereocenters. The second-order valence-electron chi connectivity index (χ2n) is 7.43. The zero-order chi connectivity index (χ0) is 20.1. The zero-order valence-electron chi connectivity index (χ0n) is 15.9. The van der Waals surface area contributed by atoms with Crippen LogP contribution < -0.4 is 5.32 Å². The highest BCUT2D eigenvalue weighted by molar-refractivity contribution is 5.75. The molecule has 1 saturated carbocycles. The average molecular weight is 390 g/mol. The van der Waals surface area contributed by atoms with Gasteiger partial charge in [0.1, 0.15) is 0 Å². The summed E-state index contributed by atoms with van der Waals surface area (Å²) < 4.78 is 38.9. The third-order valence-corrected chi connectivity index (χ3v) is 5.32. The molecule has 2 amide bonds. The quantitative estimate of drug-likeness (QED) is 0.722. The number of urea groups is 1. The van der Waals surface area contributed by atoms with Crippen molar-refractivity contribution < 1.29 is 18.0 Å². The predicted molar refractivity (Wildman–Crippen MR) is 104 cm³/mol. The van der Waals surface area contributed by atoms with E-state index in [0.29, 0.717) is 19.4 Å². The molecular formula is C22H25F3N2O. The Balaban J connectivity index is 1.64. The van der Waals surface area contributed by atoms with E-state index >= 15 is 0 Å². The van der Waals surface area contributed by atoms with Crippen LogP contribution in [0.3, 0.4) is 0 Å². The molecule has 2 aromatic carbocycles. The van der Waals surface area contributed by atoms with Gasteiger partial charge >= 0.3 is 12.2 Å². The largest absolute Gasteiger partial charge is 0.391 e. The molecule has 3 nitrogen and oxygen atoms in total. The van der Waals surface area contributed by atoms with Crippen LogP contribution in [0.5, 0.6) is 0 Å². The highest BCUT2D eigenvalue weighted by Gasteiger charge is 2.42. The van der Waals surface area contributed by atoms with Crippen molar-refractivity contribution >= 4 is 6.03 Å². The lowest BCUT2D eigenvalue weighted by Gasteiger charge is -2.32. The van der Waals surface area contributed by atoms with Crippen molar-refractivity contribution in [2.75, 3.05) is 7.05 Å². The van der Waals surface area contributed by atoms with E-state index < -0.39 is 18.1 Å². The Morgan fingerprint density at radius 1 is 1.07 bits per heavy atom. The number of hydrogen-bond acceptors (Lipinski definition) is 1. The van der Waals surface area contributed by atoms with Crippen LogP contribution in [0.2, 0.25) is 0 Å². The summed E-state index contributed by atoms with van der Waals surface area (Å²) in [5.74, 6) is -1.32. The average Bonchev–Trinajstić information content (AvgIpc) is 2.68. The highest BCUT2D eigenvalue weighted by atomic mass is 19.4. The molecule has 0 radical (unpaired) electrons. The summed E-state index contributed by atoms with van der Waals surface area (Å²) in [4.78, 5) is 14.1. The molecule has 0 spiro atoms. The molecule has 1 N–H and O–H groups in total. The Kier molecular flexibility index (Phi) is 6.27. The fourth-order valence-electron chi connectivity index (χ4n) is 3.79. The zero-order valence-corrected chi connectivity index (χ0v) is 15.9. The lowest BCUT2D eigenvalue weighted by atomic mass is 9.85. The molecule has 1 aliphatic carbocycles. The van der Waals surface area contributed by atoms with Gasteiger partial charge in [0, 0.05) is 19.6 Å². The van der Waals surface area contributed by atoms with Crippen molar-refractivity contribution in [3.63, 3.8) is 0 Å². The first-order valence-electron chi connectivity index (χ1n) is 9.56. The first-order chi connectivity index (χ1) is 13.3. The minimum absolute atomic E-state index is 0.0380. The number of alkyl halides is 3. The summed E-state index contributed by atoms with van der Waals surface area (Å²) in [6, 6.07) is 17.0. The molecule has 0 aliphatic heterocycles. The Bertz CT molecular complexity index is 792. The van der Waals surface area contributed by atoms with E-state index in [9.17, 15) is 18.0 Å². The maximum Gasteiger partial charge on any atom is 0.391 e. The van der Waals surface area contributed by atoms with Crippen molar-refractivity contribution in [3.05, 3.63) is 60.2 Å². The molecule has 0 aromatic heterocycles. The van der Waals surface area contributed by atoms with Gasteiger partial charge in [-0.25, -0.2) is 4.79 Å². The molecule has 3 rings (SSSR count). The number of carbonyl (C=O) groups excluding carboxylic acids is 1. The summed E-state index contributed by atoms with van der Waals surface area (Å²) in [5, 5.41) is 2.79. The third kappa shape index (κ3) is 5.06. The monoisotopic (exact) mass is 390 g/mol. The van der Waals surface area contributed by atoms with Crippen molar-refractivity contribution in [2.24, 2.45) is 5.92 Å². The Morgan fingerprint density at radius 3 is 2.46 bits per heavy atom. The molecule has 28 heavy (non-hydrogen) atoms. The van der Waals surface area contributed by atoms with Crippen LogP contribution in [0, 0.1) is 5.92 Å². The van der Waals surface area contributed by atoms with Crippen LogP contribution in [0.1, 0.15) is 31.2 Å². The van der Waals surface area contributed by atoms with E-state index in [1.807, 2.05) is 54.6 Å².